The Balaban J connectivity index is 1.76. The van der Waals surface area contributed by atoms with Crippen molar-refractivity contribution in [3.05, 3.63) is 75.4 Å². The fourth-order valence-electron chi connectivity index (χ4n) is 4.23. The van der Waals surface area contributed by atoms with Crippen molar-refractivity contribution in [1.29, 1.82) is 0 Å². The Labute approximate surface area is 204 Å². The van der Waals surface area contributed by atoms with Crippen molar-refractivity contribution >= 4 is 28.1 Å². The molecule has 0 N–H and O–H groups in total. The van der Waals surface area contributed by atoms with Gasteiger partial charge in [-0.2, -0.15) is 0 Å². The molecule has 0 spiro atoms. The highest BCUT2D eigenvalue weighted by Gasteiger charge is 2.32. The largest absolute Gasteiger partial charge is 0.496 e. The molecule has 6 heteroatoms. The Morgan fingerprint density at radius 1 is 1.24 bits per heavy atom. The van der Waals surface area contributed by atoms with Gasteiger partial charge in [0.15, 0.2) is 5.13 Å². The number of aryl methyl sites for hydroxylation is 3. The molecule has 1 aliphatic rings. The zero-order valence-corrected chi connectivity index (χ0v) is 21.2. The number of methoxy groups -OCH3 is 1. The number of hydrogen-bond acceptors (Lipinski definition) is 4. The minimum Gasteiger partial charge on any atom is -0.496 e. The first-order valence-electron chi connectivity index (χ1n) is 11.3. The molecule has 1 aromatic heterocycles. The van der Waals surface area contributed by atoms with Crippen LogP contribution >= 0.6 is 22.9 Å². The number of thiazole rings is 1. The number of ether oxygens (including phenoxy) is 1. The van der Waals surface area contributed by atoms with Crippen LogP contribution < -0.4 is 9.64 Å². The Morgan fingerprint density at radius 3 is 2.64 bits per heavy atom. The van der Waals surface area contributed by atoms with E-state index in [1.165, 1.54) is 12.8 Å². The van der Waals surface area contributed by atoms with Crippen molar-refractivity contribution in [2.45, 2.75) is 46.1 Å². The zero-order valence-electron chi connectivity index (χ0n) is 19.6. The molecule has 1 atom stereocenters. The highest BCUT2D eigenvalue weighted by molar-refractivity contribution is 7.16. The van der Waals surface area contributed by atoms with Gasteiger partial charge in [-0.05, 0) is 68.0 Å². The van der Waals surface area contributed by atoms with Crippen molar-refractivity contribution in [2.75, 3.05) is 18.6 Å². The third-order valence-corrected chi connectivity index (χ3v) is 7.63. The monoisotopic (exact) mass is 484 g/mol. The number of halogens is 2. The van der Waals surface area contributed by atoms with Crippen LogP contribution in [0.3, 0.4) is 0 Å². The first kappa shape index (κ1) is 23.8. The maximum Gasteiger partial charge on any atom is 0.186 e. The van der Waals surface area contributed by atoms with E-state index in [9.17, 15) is 4.39 Å². The van der Waals surface area contributed by atoms with Crippen LogP contribution in [-0.4, -0.2) is 18.6 Å². The molecule has 3 nitrogen and oxygen atoms in total. The van der Waals surface area contributed by atoms with E-state index < -0.39 is 0 Å². The van der Waals surface area contributed by atoms with Crippen molar-refractivity contribution in [3.63, 3.8) is 0 Å². The molecule has 0 aliphatic heterocycles. The highest BCUT2D eigenvalue weighted by Crippen LogP contribution is 2.44. The van der Waals surface area contributed by atoms with Crippen LogP contribution in [0.25, 0.3) is 11.3 Å². The summed E-state index contributed by atoms with van der Waals surface area (Å²) in [4.78, 5) is 8.40. The van der Waals surface area contributed by atoms with Crippen LogP contribution in [0.2, 0.25) is 5.02 Å². The van der Waals surface area contributed by atoms with Crippen LogP contribution in [-0.2, 0) is 0 Å². The van der Waals surface area contributed by atoms with Crippen molar-refractivity contribution < 1.29 is 9.13 Å². The molecule has 4 rings (SSSR count). The molecule has 1 heterocycles. The number of aromatic nitrogens is 1. The highest BCUT2D eigenvalue weighted by atomic mass is 35.5. The van der Waals surface area contributed by atoms with E-state index in [1.807, 2.05) is 37.3 Å². The van der Waals surface area contributed by atoms with Gasteiger partial charge in [-0.3, -0.25) is 0 Å². The number of rotatable bonds is 9. The molecule has 1 fully saturated rings. The Hall–Kier alpha value is -2.37. The van der Waals surface area contributed by atoms with E-state index >= 15 is 0 Å². The molecule has 2 aromatic carbocycles. The van der Waals surface area contributed by atoms with Crippen molar-refractivity contribution in [3.8, 4) is 17.0 Å². The number of hydrogen-bond donors (Lipinski definition) is 0. The quantitative estimate of drug-likeness (QED) is 0.287. The minimum absolute atomic E-state index is 0.0390. The van der Waals surface area contributed by atoms with Crippen LogP contribution in [0.15, 0.2) is 43.0 Å². The van der Waals surface area contributed by atoms with Crippen molar-refractivity contribution in [2.24, 2.45) is 5.92 Å². The van der Waals surface area contributed by atoms with Crippen molar-refractivity contribution in [1.82, 2.24) is 4.98 Å². The molecule has 1 aliphatic carbocycles. The zero-order chi connectivity index (χ0) is 23.7. The minimum atomic E-state index is -0.164. The molecule has 33 heavy (non-hydrogen) atoms. The third kappa shape index (κ3) is 5.10. The summed E-state index contributed by atoms with van der Waals surface area (Å²) in [7, 11) is 1.64. The van der Waals surface area contributed by atoms with Gasteiger partial charge in [0.1, 0.15) is 11.6 Å². The average Bonchev–Trinajstić information content (AvgIpc) is 3.53. The van der Waals surface area contributed by atoms with Crippen LogP contribution in [0.1, 0.15) is 46.9 Å². The van der Waals surface area contributed by atoms with E-state index in [1.54, 1.807) is 31.4 Å². The van der Waals surface area contributed by atoms with Gasteiger partial charge in [-0.25, -0.2) is 9.37 Å². The average molecular weight is 485 g/mol. The summed E-state index contributed by atoms with van der Waals surface area (Å²) in [6.07, 6.45) is 5.34. The van der Waals surface area contributed by atoms with E-state index in [0.29, 0.717) is 23.0 Å². The van der Waals surface area contributed by atoms with Crippen LogP contribution in [0, 0.1) is 32.5 Å². The lowest BCUT2D eigenvalue weighted by atomic mass is 9.98. The molecule has 0 amide bonds. The smallest absolute Gasteiger partial charge is 0.186 e. The second-order valence-electron chi connectivity index (χ2n) is 8.85. The molecule has 0 unspecified atom stereocenters. The van der Waals surface area contributed by atoms with Gasteiger partial charge >= 0.3 is 0 Å². The molecule has 0 saturated heterocycles. The van der Waals surface area contributed by atoms with Crippen LogP contribution in [0.5, 0.6) is 5.75 Å². The molecule has 0 bridgehead atoms. The Kier molecular flexibility index (Phi) is 7.10. The van der Waals surface area contributed by atoms with Crippen LogP contribution in [0.4, 0.5) is 9.52 Å². The van der Waals surface area contributed by atoms with E-state index in [0.717, 1.165) is 44.6 Å². The first-order chi connectivity index (χ1) is 15.8. The molecule has 3 aromatic rings. The number of benzene rings is 2. The predicted octanol–water partition coefficient (Wildman–Crippen LogP) is 8.07. The summed E-state index contributed by atoms with van der Waals surface area (Å²) in [5.41, 5.74) is 4.43. The second-order valence-corrected chi connectivity index (χ2v) is 10.4. The summed E-state index contributed by atoms with van der Waals surface area (Å²) in [5, 5.41) is 1.52. The number of nitrogens with zero attached hydrogens (tertiary/aromatic N) is 2. The summed E-state index contributed by atoms with van der Waals surface area (Å²) >= 11 is 8.26. The van der Waals surface area contributed by atoms with E-state index in [2.05, 4.69) is 18.4 Å². The van der Waals surface area contributed by atoms with Gasteiger partial charge in [-0.1, -0.05) is 42.7 Å². The summed E-state index contributed by atoms with van der Waals surface area (Å²) in [6.45, 7) is 10.5. The Bertz CT molecular complexity index is 1170. The fraction of sp³-hybridized carbons (Fsp3) is 0.370. The van der Waals surface area contributed by atoms with Gasteiger partial charge in [0, 0.05) is 17.0 Å². The first-order valence-corrected chi connectivity index (χ1v) is 12.5. The maximum atomic E-state index is 14.5. The lowest BCUT2D eigenvalue weighted by molar-refractivity contribution is 0.412. The lowest BCUT2D eigenvalue weighted by Crippen LogP contribution is -2.29. The molecule has 1 saturated carbocycles. The van der Waals surface area contributed by atoms with Gasteiger partial charge in [0.05, 0.1) is 23.9 Å². The molecular formula is C27H30ClFN2OS. The summed E-state index contributed by atoms with van der Waals surface area (Å²) < 4.78 is 19.9. The fourth-order valence-corrected chi connectivity index (χ4v) is 5.45. The van der Waals surface area contributed by atoms with Gasteiger partial charge < -0.3 is 9.64 Å². The van der Waals surface area contributed by atoms with E-state index in [-0.39, 0.29) is 11.9 Å². The number of anilines is 1. The second kappa shape index (κ2) is 9.86. The standard InChI is InChI=1S/C27H30ClFN2OS/c1-6-11-31(24(13-19-8-9-19)20-10-7-16(2)23(29)14-20)27-30-26(18(4)33-27)21-12-17(3)25(32-5)15-22(21)28/h6-7,10,12,14-15,19,24H,1,8-9,11,13H2,2-5H3/t24-/m0/s1. The van der Waals surface area contributed by atoms with Gasteiger partial charge in [0.25, 0.3) is 0 Å². The topological polar surface area (TPSA) is 25.4 Å². The SMILES string of the molecule is C=CCN(c1nc(-c2cc(C)c(OC)cc2Cl)c(C)s1)[C@@H](CC1CC1)c1ccc(C)c(F)c1. The van der Waals surface area contributed by atoms with Gasteiger partial charge in [0.2, 0.25) is 0 Å². The maximum absolute atomic E-state index is 14.5. The molecular weight excluding hydrogens is 455 g/mol. The lowest BCUT2D eigenvalue weighted by Gasteiger charge is -2.31. The normalized spacial score (nSPS) is 14.2. The predicted molar refractivity (Wildman–Crippen MR) is 137 cm³/mol. The van der Waals surface area contributed by atoms with Gasteiger partial charge in [-0.15, -0.1) is 17.9 Å². The summed E-state index contributed by atoms with van der Waals surface area (Å²) in [6, 6.07) is 9.52. The molecule has 0 radical (unpaired) electrons. The van der Waals surface area contributed by atoms with E-state index in [4.69, 9.17) is 21.3 Å². The molecule has 174 valence electrons. The summed E-state index contributed by atoms with van der Waals surface area (Å²) in [5.74, 6) is 1.27. The Morgan fingerprint density at radius 2 is 2.00 bits per heavy atom. The third-order valence-electron chi connectivity index (χ3n) is 6.31.